The van der Waals surface area contributed by atoms with Crippen LogP contribution in [0, 0.1) is 6.92 Å². The summed E-state index contributed by atoms with van der Waals surface area (Å²) in [6, 6.07) is 12.3. The number of pyridine rings is 1. The molecule has 1 aliphatic carbocycles. The fraction of sp³-hybridized carbons (Fsp3) is 0.240. The number of aryl methyl sites for hydroxylation is 1. The van der Waals surface area contributed by atoms with E-state index in [0.717, 1.165) is 5.56 Å². The van der Waals surface area contributed by atoms with E-state index in [1.807, 2.05) is 6.92 Å². The van der Waals surface area contributed by atoms with Gasteiger partial charge in [-0.15, -0.1) is 8.78 Å². The molecule has 1 aromatic heterocycles. The van der Waals surface area contributed by atoms with E-state index in [1.165, 1.54) is 31.4 Å². The summed E-state index contributed by atoms with van der Waals surface area (Å²) in [4.78, 5) is 29.3. The van der Waals surface area contributed by atoms with Crippen LogP contribution in [-0.2, 0) is 10.2 Å². The Morgan fingerprint density at radius 2 is 1.80 bits per heavy atom. The SMILES string of the molecule is COc1cc(C(=O)O)cc(-c2nc(NC(=O)C3(c4ccc5c(c4)OC(F)(F)O5)CC3)ccc2C)c1. The average molecular weight is 482 g/mol. The Morgan fingerprint density at radius 1 is 1.06 bits per heavy atom. The molecule has 0 saturated heterocycles. The van der Waals surface area contributed by atoms with Crippen molar-refractivity contribution in [3.05, 3.63) is 65.2 Å². The van der Waals surface area contributed by atoms with E-state index in [4.69, 9.17) is 4.74 Å². The molecule has 0 unspecified atom stereocenters. The topological polar surface area (TPSA) is 107 Å². The fourth-order valence-electron chi connectivity index (χ4n) is 4.12. The van der Waals surface area contributed by atoms with Crippen LogP contribution in [0.3, 0.4) is 0 Å². The van der Waals surface area contributed by atoms with Crippen LogP contribution in [0.1, 0.15) is 34.3 Å². The average Bonchev–Trinajstić information content (AvgIpc) is 3.57. The van der Waals surface area contributed by atoms with Gasteiger partial charge in [-0.25, -0.2) is 9.78 Å². The number of anilines is 1. The Hall–Kier alpha value is -4.21. The number of carboxylic acid groups (broad SMARTS) is 1. The smallest absolute Gasteiger partial charge is 0.497 e. The highest BCUT2D eigenvalue weighted by molar-refractivity contribution is 6.01. The Labute approximate surface area is 198 Å². The molecule has 3 aromatic rings. The van der Waals surface area contributed by atoms with Gasteiger partial charge in [0.05, 0.1) is 23.8 Å². The van der Waals surface area contributed by atoms with E-state index in [1.54, 1.807) is 24.3 Å². The number of halogens is 2. The molecule has 2 N–H and O–H groups in total. The van der Waals surface area contributed by atoms with E-state index >= 15 is 0 Å². The highest BCUT2D eigenvalue weighted by Gasteiger charge is 2.53. The molecule has 8 nitrogen and oxygen atoms in total. The van der Waals surface area contributed by atoms with Gasteiger partial charge in [-0.3, -0.25) is 4.79 Å². The summed E-state index contributed by atoms with van der Waals surface area (Å²) in [5, 5.41) is 12.2. The lowest BCUT2D eigenvalue weighted by Gasteiger charge is -2.17. The number of nitrogens with one attached hydrogen (secondary N) is 1. The number of amides is 1. The number of aromatic nitrogens is 1. The number of carboxylic acids is 1. The third-order valence-electron chi connectivity index (χ3n) is 6.14. The molecule has 1 fully saturated rings. The molecule has 1 saturated carbocycles. The summed E-state index contributed by atoms with van der Waals surface area (Å²) >= 11 is 0. The van der Waals surface area contributed by atoms with Gasteiger partial charge >= 0.3 is 12.3 Å². The zero-order chi connectivity index (χ0) is 25.0. The van der Waals surface area contributed by atoms with Crippen molar-refractivity contribution in [2.24, 2.45) is 0 Å². The zero-order valence-corrected chi connectivity index (χ0v) is 18.7. The van der Waals surface area contributed by atoms with Crippen molar-refractivity contribution in [1.29, 1.82) is 0 Å². The first-order valence-corrected chi connectivity index (χ1v) is 10.7. The number of benzene rings is 2. The van der Waals surface area contributed by atoms with Gasteiger partial charge in [-0.2, -0.15) is 0 Å². The Balaban J connectivity index is 1.42. The minimum absolute atomic E-state index is 0.0420. The molecular weight excluding hydrogens is 462 g/mol. The molecule has 2 heterocycles. The molecular formula is C25H20F2N2O6. The Kier molecular flexibility index (Phi) is 5.12. The van der Waals surface area contributed by atoms with Crippen molar-refractivity contribution in [1.82, 2.24) is 4.98 Å². The van der Waals surface area contributed by atoms with Gasteiger partial charge in [-0.05, 0) is 67.3 Å². The number of nitrogens with zero attached hydrogens (tertiary/aromatic N) is 1. The van der Waals surface area contributed by atoms with Crippen molar-refractivity contribution in [3.8, 4) is 28.5 Å². The second-order valence-electron chi connectivity index (χ2n) is 8.48. The fourth-order valence-corrected chi connectivity index (χ4v) is 4.12. The lowest BCUT2D eigenvalue weighted by molar-refractivity contribution is -0.286. The highest BCUT2D eigenvalue weighted by Crippen LogP contribution is 2.52. The number of alkyl halides is 2. The number of hydrogen-bond donors (Lipinski definition) is 2. The largest absolute Gasteiger partial charge is 0.586 e. The van der Waals surface area contributed by atoms with E-state index in [-0.39, 0.29) is 28.8 Å². The second-order valence-corrected chi connectivity index (χ2v) is 8.48. The van der Waals surface area contributed by atoms with Gasteiger partial charge in [0.2, 0.25) is 5.91 Å². The number of carbonyl (C=O) groups excluding carboxylic acids is 1. The predicted octanol–water partition coefficient (Wildman–Crippen LogP) is 4.76. The predicted molar refractivity (Wildman–Crippen MR) is 120 cm³/mol. The summed E-state index contributed by atoms with van der Waals surface area (Å²) in [6.07, 6.45) is -2.67. The van der Waals surface area contributed by atoms with Crippen molar-refractivity contribution in [2.45, 2.75) is 31.5 Å². The van der Waals surface area contributed by atoms with Gasteiger partial charge < -0.3 is 24.6 Å². The van der Waals surface area contributed by atoms with Crippen LogP contribution in [-0.4, -0.2) is 35.4 Å². The normalized spacial score (nSPS) is 16.5. The lowest BCUT2D eigenvalue weighted by Crippen LogP contribution is -2.28. The van der Waals surface area contributed by atoms with Crippen LogP contribution in [0.15, 0.2) is 48.5 Å². The summed E-state index contributed by atoms with van der Waals surface area (Å²) in [5.41, 5.74) is 1.47. The van der Waals surface area contributed by atoms with Gasteiger partial charge in [0.25, 0.3) is 0 Å². The molecule has 0 radical (unpaired) electrons. The van der Waals surface area contributed by atoms with E-state index in [2.05, 4.69) is 19.8 Å². The Bertz CT molecular complexity index is 1370. The molecule has 5 rings (SSSR count). The number of ether oxygens (including phenoxy) is 3. The molecule has 0 bridgehead atoms. The van der Waals surface area contributed by atoms with Gasteiger partial charge in [0.1, 0.15) is 11.6 Å². The monoisotopic (exact) mass is 482 g/mol. The van der Waals surface area contributed by atoms with Crippen LogP contribution < -0.4 is 19.5 Å². The van der Waals surface area contributed by atoms with Crippen LogP contribution in [0.2, 0.25) is 0 Å². The Morgan fingerprint density at radius 3 is 2.49 bits per heavy atom. The summed E-state index contributed by atoms with van der Waals surface area (Å²) in [6.45, 7) is 1.82. The van der Waals surface area contributed by atoms with Crippen LogP contribution in [0.4, 0.5) is 14.6 Å². The first-order valence-electron chi connectivity index (χ1n) is 10.7. The van der Waals surface area contributed by atoms with Crippen LogP contribution in [0.25, 0.3) is 11.3 Å². The molecule has 2 aromatic carbocycles. The van der Waals surface area contributed by atoms with Crippen LogP contribution in [0.5, 0.6) is 17.2 Å². The van der Waals surface area contributed by atoms with Gasteiger partial charge in [0.15, 0.2) is 11.5 Å². The number of methoxy groups -OCH3 is 1. The molecule has 180 valence electrons. The maximum atomic E-state index is 13.4. The first kappa shape index (κ1) is 22.6. The molecule has 1 amide bonds. The maximum absolute atomic E-state index is 13.4. The molecule has 0 spiro atoms. The third-order valence-corrected chi connectivity index (χ3v) is 6.14. The van der Waals surface area contributed by atoms with Gasteiger partial charge in [0, 0.05) is 5.56 Å². The summed E-state index contributed by atoms with van der Waals surface area (Å²) < 4.78 is 40.9. The van der Waals surface area contributed by atoms with Crippen molar-refractivity contribution in [2.75, 3.05) is 12.4 Å². The molecule has 10 heteroatoms. The molecule has 2 aliphatic rings. The van der Waals surface area contributed by atoms with E-state index in [9.17, 15) is 23.5 Å². The molecule has 35 heavy (non-hydrogen) atoms. The summed E-state index contributed by atoms with van der Waals surface area (Å²) in [5.74, 6) is -1.00. The number of rotatable bonds is 6. The highest BCUT2D eigenvalue weighted by atomic mass is 19.3. The zero-order valence-electron chi connectivity index (χ0n) is 18.7. The molecule has 1 aliphatic heterocycles. The minimum atomic E-state index is -3.73. The van der Waals surface area contributed by atoms with E-state index < -0.39 is 17.7 Å². The van der Waals surface area contributed by atoms with Crippen molar-refractivity contribution in [3.63, 3.8) is 0 Å². The number of hydrogen-bond acceptors (Lipinski definition) is 6. The van der Waals surface area contributed by atoms with Gasteiger partial charge in [-0.1, -0.05) is 12.1 Å². The minimum Gasteiger partial charge on any atom is -0.497 e. The first-order chi connectivity index (χ1) is 16.6. The second kappa shape index (κ2) is 7.93. The summed E-state index contributed by atoms with van der Waals surface area (Å²) in [7, 11) is 1.44. The quantitative estimate of drug-likeness (QED) is 0.522. The number of fused-ring (bicyclic) bond motifs is 1. The van der Waals surface area contributed by atoms with Crippen molar-refractivity contribution >= 4 is 17.7 Å². The number of carbonyl (C=O) groups is 2. The number of aromatic carboxylic acids is 1. The molecule has 0 atom stereocenters. The van der Waals surface area contributed by atoms with Crippen molar-refractivity contribution < 1.29 is 37.7 Å². The van der Waals surface area contributed by atoms with Crippen LogP contribution >= 0.6 is 0 Å². The third kappa shape index (κ3) is 4.11. The maximum Gasteiger partial charge on any atom is 0.586 e. The van der Waals surface area contributed by atoms with E-state index in [0.29, 0.717) is 35.4 Å². The standard InChI is InChI=1S/C25H20F2N2O6/c1-13-3-6-20(28-21(13)14-9-15(22(30)31)11-17(10-14)33-2)29-23(32)24(7-8-24)16-4-5-18-19(12-16)35-25(26,27)34-18/h3-6,9-12H,7-8H2,1-2H3,(H,30,31)(H,28,29,32). The lowest BCUT2D eigenvalue weighted by atomic mass is 9.94.